The van der Waals surface area contributed by atoms with Gasteiger partial charge in [0.2, 0.25) is 0 Å². The standard InChI is InChI=1S/C27H28Cl2N2O5/c1-35-23-10-16(7-8-18(23)27(33)34)31-12-15-9-17(31)11-22(15)36-13-19(26(32)14-5-6-14)25(30)24-20(28)3-2-4-21(24)29/h2-4,7-8,10,14-15,17,22H,5-6,9,11-13,30H2,1H3,(H,33,34)/t15-,17-,22+/m0/s1. The SMILES string of the molecule is COc1cc(N2C[C@@H]3C[C@H]2C[C@H]3OCC(C(=O)C2CC2)=C(N)c2c(Cl)cccc2Cl)ccc1C(=O)O. The fourth-order valence-electron chi connectivity index (χ4n) is 5.43. The Kier molecular flexibility index (Phi) is 6.90. The van der Waals surface area contributed by atoms with Crippen LogP contribution in [0.15, 0.2) is 42.0 Å². The van der Waals surface area contributed by atoms with Crippen LogP contribution in [-0.4, -0.2) is 49.3 Å². The second-order valence-corrected chi connectivity index (χ2v) is 10.5. The Labute approximate surface area is 219 Å². The summed E-state index contributed by atoms with van der Waals surface area (Å²) in [6.07, 6.45) is 3.50. The molecule has 1 aliphatic heterocycles. The summed E-state index contributed by atoms with van der Waals surface area (Å²) in [5.41, 5.74) is 8.76. The summed E-state index contributed by atoms with van der Waals surface area (Å²) in [6.45, 7) is 0.907. The zero-order valence-corrected chi connectivity index (χ0v) is 21.4. The molecule has 0 aromatic heterocycles. The van der Waals surface area contributed by atoms with Gasteiger partial charge in [-0.15, -0.1) is 0 Å². The molecule has 190 valence electrons. The third-order valence-electron chi connectivity index (χ3n) is 7.47. The molecule has 2 saturated carbocycles. The minimum atomic E-state index is -1.02. The molecule has 3 atom stereocenters. The average Bonchev–Trinajstić information content (AvgIpc) is 3.53. The van der Waals surface area contributed by atoms with E-state index in [0.717, 1.165) is 37.9 Å². The van der Waals surface area contributed by atoms with Gasteiger partial charge in [0.25, 0.3) is 0 Å². The number of methoxy groups -OCH3 is 1. The van der Waals surface area contributed by atoms with Crippen molar-refractivity contribution in [1.82, 2.24) is 0 Å². The van der Waals surface area contributed by atoms with E-state index in [1.54, 1.807) is 30.3 Å². The van der Waals surface area contributed by atoms with Crippen LogP contribution in [0.3, 0.4) is 0 Å². The Morgan fingerprint density at radius 1 is 1.14 bits per heavy atom. The van der Waals surface area contributed by atoms with Crippen molar-refractivity contribution in [2.75, 3.05) is 25.2 Å². The molecule has 2 aliphatic carbocycles. The van der Waals surface area contributed by atoms with Crippen molar-refractivity contribution in [2.45, 2.75) is 37.8 Å². The van der Waals surface area contributed by atoms with Gasteiger partial charge in [-0.2, -0.15) is 0 Å². The van der Waals surface area contributed by atoms with Crippen molar-refractivity contribution in [2.24, 2.45) is 17.6 Å². The summed E-state index contributed by atoms with van der Waals surface area (Å²) in [6, 6.07) is 10.6. The van der Waals surface area contributed by atoms with E-state index < -0.39 is 5.97 Å². The van der Waals surface area contributed by atoms with Crippen molar-refractivity contribution in [3.8, 4) is 5.75 Å². The van der Waals surface area contributed by atoms with Crippen molar-refractivity contribution >= 4 is 46.3 Å². The highest BCUT2D eigenvalue weighted by Crippen LogP contribution is 2.44. The van der Waals surface area contributed by atoms with Crippen molar-refractivity contribution < 1.29 is 24.2 Å². The van der Waals surface area contributed by atoms with Gasteiger partial charge < -0.3 is 25.2 Å². The molecule has 2 aromatic carbocycles. The number of ketones is 1. The maximum atomic E-state index is 13.1. The number of aromatic carboxylic acids is 1. The van der Waals surface area contributed by atoms with E-state index in [4.69, 9.17) is 38.4 Å². The van der Waals surface area contributed by atoms with E-state index in [-0.39, 0.29) is 41.7 Å². The molecule has 1 saturated heterocycles. The minimum absolute atomic E-state index is 0.00274. The normalized spacial score (nSPS) is 23.5. The van der Waals surface area contributed by atoms with Gasteiger partial charge in [0.1, 0.15) is 11.3 Å². The number of anilines is 1. The molecule has 36 heavy (non-hydrogen) atoms. The molecule has 0 radical (unpaired) electrons. The first-order chi connectivity index (χ1) is 17.3. The Morgan fingerprint density at radius 3 is 2.44 bits per heavy atom. The van der Waals surface area contributed by atoms with Gasteiger partial charge in [-0.05, 0) is 49.9 Å². The molecule has 0 spiro atoms. The molecular formula is C27H28Cl2N2O5. The van der Waals surface area contributed by atoms with Crippen LogP contribution >= 0.6 is 23.2 Å². The molecule has 2 aromatic rings. The van der Waals surface area contributed by atoms with E-state index in [1.807, 2.05) is 6.07 Å². The highest BCUT2D eigenvalue weighted by atomic mass is 35.5. The minimum Gasteiger partial charge on any atom is -0.496 e. The number of Topliss-reactive ketones (excluding diaryl/α,β-unsaturated/α-hetero) is 1. The summed E-state index contributed by atoms with van der Waals surface area (Å²) in [7, 11) is 1.47. The number of carboxylic acid groups (broad SMARTS) is 1. The summed E-state index contributed by atoms with van der Waals surface area (Å²) in [5.74, 6) is -0.376. The van der Waals surface area contributed by atoms with Gasteiger partial charge in [0.05, 0.1) is 35.6 Å². The zero-order chi connectivity index (χ0) is 25.6. The summed E-state index contributed by atoms with van der Waals surface area (Å²) in [5, 5.41) is 10.2. The van der Waals surface area contributed by atoms with Gasteiger partial charge in [0, 0.05) is 47.3 Å². The zero-order valence-electron chi connectivity index (χ0n) is 19.9. The second kappa shape index (κ2) is 9.96. The number of halogens is 2. The van der Waals surface area contributed by atoms with Gasteiger partial charge in [-0.1, -0.05) is 29.3 Å². The number of piperidine rings is 1. The molecule has 7 nitrogen and oxygen atoms in total. The molecule has 1 heterocycles. The van der Waals surface area contributed by atoms with E-state index in [1.165, 1.54) is 7.11 Å². The third-order valence-corrected chi connectivity index (χ3v) is 8.10. The lowest BCUT2D eigenvalue weighted by atomic mass is 10.0. The number of fused-ring (bicyclic) bond motifs is 2. The predicted octanol–water partition coefficient (Wildman–Crippen LogP) is 5.03. The van der Waals surface area contributed by atoms with Crippen LogP contribution in [0.4, 0.5) is 5.69 Å². The van der Waals surface area contributed by atoms with Crippen LogP contribution in [0.2, 0.25) is 10.0 Å². The van der Waals surface area contributed by atoms with E-state index in [9.17, 15) is 14.7 Å². The number of carbonyl (C=O) groups excluding carboxylic acids is 1. The molecule has 9 heteroatoms. The fraction of sp³-hybridized carbons (Fsp3) is 0.407. The number of nitrogens with zero attached hydrogens (tertiary/aromatic N) is 1. The number of nitrogens with two attached hydrogens (primary N) is 1. The highest BCUT2D eigenvalue weighted by molar-refractivity contribution is 6.37. The van der Waals surface area contributed by atoms with Gasteiger partial charge in [0.15, 0.2) is 5.78 Å². The number of hydrogen-bond acceptors (Lipinski definition) is 6. The summed E-state index contributed by atoms with van der Waals surface area (Å²) >= 11 is 12.7. The monoisotopic (exact) mass is 530 g/mol. The Hall–Kier alpha value is -2.74. The van der Waals surface area contributed by atoms with Crippen LogP contribution < -0.4 is 15.4 Å². The second-order valence-electron chi connectivity index (χ2n) is 9.70. The van der Waals surface area contributed by atoms with Crippen LogP contribution in [0.25, 0.3) is 5.70 Å². The summed E-state index contributed by atoms with van der Waals surface area (Å²) < 4.78 is 11.6. The quantitative estimate of drug-likeness (QED) is 0.438. The Balaban J connectivity index is 1.30. The third kappa shape index (κ3) is 4.67. The smallest absolute Gasteiger partial charge is 0.339 e. The molecular weight excluding hydrogens is 503 g/mol. The van der Waals surface area contributed by atoms with Crippen molar-refractivity contribution in [3.63, 3.8) is 0 Å². The van der Waals surface area contributed by atoms with E-state index in [0.29, 0.717) is 32.8 Å². The Morgan fingerprint density at radius 2 is 1.86 bits per heavy atom. The molecule has 0 amide bonds. The number of rotatable bonds is 9. The molecule has 3 fully saturated rings. The number of carboxylic acids is 1. The maximum Gasteiger partial charge on any atom is 0.339 e. The highest BCUT2D eigenvalue weighted by Gasteiger charge is 2.46. The number of carbonyl (C=O) groups is 2. The van der Waals surface area contributed by atoms with Crippen LogP contribution in [0.5, 0.6) is 5.75 Å². The van der Waals surface area contributed by atoms with Crippen molar-refractivity contribution in [1.29, 1.82) is 0 Å². The first kappa shape index (κ1) is 24.9. The van der Waals surface area contributed by atoms with Gasteiger partial charge in [-0.25, -0.2) is 4.79 Å². The average molecular weight is 531 g/mol. The van der Waals surface area contributed by atoms with E-state index >= 15 is 0 Å². The molecule has 5 rings (SSSR count). The molecule has 0 unspecified atom stereocenters. The first-order valence-corrected chi connectivity index (χ1v) is 12.8. The molecule has 3 aliphatic rings. The van der Waals surface area contributed by atoms with E-state index in [2.05, 4.69) is 4.90 Å². The molecule has 3 N–H and O–H groups in total. The lowest BCUT2D eigenvalue weighted by Crippen LogP contribution is -2.39. The number of benzene rings is 2. The van der Waals surface area contributed by atoms with Crippen molar-refractivity contribution in [3.05, 3.63) is 63.1 Å². The van der Waals surface area contributed by atoms with Gasteiger partial charge >= 0.3 is 5.97 Å². The van der Waals surface area contributed by atoms with Crippen LogP contribution in [0, 0.1) is 11.8 Å². The summed E-state index contributed by atoms with van der Waals surface area (Å²) in [4.78, 5) is 26.8. The van der Waals surface area contributed by atoms with Crippen LogP contribution in [-0.2, 0) is 9.53 Å². The maximum absolute atomic E-state index is 13.1. The predicted molar refractivity (Wildman–Crippen MR) is 139 cm³/mol. The lowest BCUT2D eigenvalue weighted by molar-refractivity contribution is -0.117. The first-order valence-electron chi connectivity index (χ1n) is 12.0. The van der Waals surface area contributed by atoms with Crippen LogP contribution in [0.1, 0.15) is 41.6 Å². The topological polar surface area (TPSA) is 102 Å². The largest absolute Gasteiger partial charge is 0.496 e. The van der Waals surface area contributed by atoms with Gasteiger partial charge in [-0.3, -0.25) is 4.79 Å². The number of ether oxygens (including phenoxy) is 2. The molecule has 2 bridgehead atoms. The Bertz CT molecular complexity index is 1220. The number of hydrogen-bond donors (Lipinski definition) is 2. The lowest BCUT2D eigenvalue weighted by Gasteiger charge is -2.33. The fourth-order valence-corrected chi connectivity index (χ4v) is 6.03.